The molecule has 0 radical (unpaired) electrons. The number of nitrogens with one attached hydrogen (secondary N) is 1. The molecule has 3 nitrogen and oxygen atoms in total. The number of ether oxygens (including phenoxy) is 2. The van der Waals surface area contributed by atoms with Crippen molar-refractivity contribution < 1.29 is 9.47 Å². The summed E-state index contributed by atoms with van der Waals surface area (Å²) in [5.74, 6) is 0. The molecule has 0 spiro atoms. The zero-order valence-corrected chi connectivity index (χ0v) is 15.9. The Kier molecular flexibility index (Phi) is 6.86. The molecule has 0 aromatic heterocycles. The lowest BCUT2D eigenvalue weighted by Crippen LogP contribution is -2.54. The number of halogens is 1. The fourth-order valence-corrected chi connectivity index (χ4v) is 3.52. The van der Waals surface area contributed by atoms with Crippen LogP contribution in [-0.4, -0.2) is 25.8 Å². The summed E-state index contributed by atoms with van der Waals surface area (Å²) in [6, 6.07) is 18.2. The molecule has 26 heavy (non-hydrogen) atoms. The molecule has 0 unspecified atom stereocenters. The lowest BCUT2D eigenvalue weighted by atomic mass is 9.82. The maximum atomic E-state index is 6.59. The first-order valence-electron chi connectivity index (χ1n) is 9.12. The van der Waals surface area contributed by atoms with E-state index in [2.05, 4.69) is 29.6 Å². The van der Waals surface area contributed by atoms with Gasteiger partial charge in [0.05, 0.1) is 13.2 Å². The normalized spacial score (nSPS) is 23.4. The van der Waals surface area contributed by atoms with Gasteiger partial charge in [-0.1, -0.05) is 66.2 Å². The first-order chi connectivity index (χ1) is 12.7. The predicted octanol–water partition coefficient (Wildman–Crippen LogP) is 4.71. The number of benzene rings is 2. The Labute approximate surface area is 161 Å². The van der Waals surface area contributed by atoms with Gasteiger partial charge in [0.2, 0.25) is 0 Å². The Morgan fingerprint density at radius 3 is 2.65 bits per heavy atom. The molecule has 2 atom stereocenters. The number of hydrogen-bond acceptors (Lipinski definition) is 3. The molecular formula is C22H26ClNO2. The molecule has 4 heteroatoms. The van der Waals surface area contributed by atoms with Crippen LogP contribution in [-0.2, 0) is 21.7 Å². The molecule has 0 bridgehead atoms. The molecule has 0 aliphatic carbocycles. The van der Waals surface area contributed by atoms with Crippen molar-refractivity contribution in [3.05, 3.63) is 82.9 Å². The highest BCUT2D eigenvalue weighted by atomic mass is 35.5. The van der Waals surface area contributed by atoms with Crippen LogP contribution in [0.1, 0.15) is 24.5 Å². The largest absolute Gasteiger partial charge is 0.369 e. The van der Waals surface area contributed by atoms with E-state index in [0.717, 1.165) is 35.7 Å². The minimum absolute atomic E-state index is 0.0719. The third-order valence-corrected chi connectivity index (χ3v) is 5.08. The first kappa shape index (κ1) is 19.1. The van der Waals surface area contributed by atoms with Crippen molar-refractivity contribution in [3.8, 4) is 0 Å². The SMILES string of the molecule is C/C=C/CO[C@H]1CNCC[C@]1(OCc1ccccc1)c1ccc(Cl)cc1. The maximum Gasteiger partial charge on any atom is 0.122 e. The van der Waals surface area contributed by atoms with Gasteiger partial charge in [-0.3, -0.25) is 0 Å². The fourth-order valence-electron chi connectivity index (χ4n) is 3.39. The van der Waals surface area contributed by atoms with Gasteiger partial charge in [0.15, 0.2) is 0 Å². The highest BCUT2D eigenvalue weighted by Crippen LogP contribution is 2.38. The van der Waals surface area contributed by atoms with Gasteiger partial charge in [-0.05, 0) is 43.1 Å². The summed E-state index contributed by atoms with van der Waals surface area (Å²) in [5.41, 5.74) is 1.78. The van der Waals surface area contributed by atoms with Crippen LogP contribution in [0.25, 0.3) is 0 Å². The standard InChI is InChI=1S/C22H26ClNO2/c1-2-3-15-25-21-16-24-14-13-22(21,19-9-11-20(23)12-10-19)26-17-18-7-5-4-6-8-18/h2-12,21,24H,13-17H2,1H3/b3-2+/t21-,22-/m0/s1. The second kappa shape index (κ2) is 9.33. The minimum atomic E-state index is -0.493. The second-order valence-electron chi connectivity index (χ2n) is 6.52. The lowest BCUT2D eigenvalue weighted by Gasteiger charge is -2.44. The first-order valence-corrected chi connectivity index (χ1v) is 9.50. The Balaban J connectivity index is 1.89. The smallest absolute Gasteiger partial charge is 0.122 e. The summed E-state index contributed by atoms with van der Waals surface area (Å²) in [5, 5.41) is 4.17. The summed E-state index contributed by atoms with van der Waals surface area (Å²) < 4.78 is 12.8. The van der Waals surface area contributed by atoms with E-state index >= 15 is 0 Å². The van der Waals surface area contributed by atoms with Crippen LogP contribution < -0.4 is 5.32 Å². The molecule has 3 rings (SSSR count). The van der Waals surface area contributed by atoms with Crippen LogP contribution in [0.15, 0.2) is 66.7 Å². The van der Waals surface area contributed by atoms with Gasteiger partial charge in [0.1, 0.15) is 11.7 Å². The van der Waals surface area contributed by atoms with Crippen LogP contribution in [0.3, 0.4) is 0 Å². The maximum absolute atomic E-state index is 6.59. The molecule has 1 saturated heterocycles. The highest BCUT2D eigenvalue weighted by molar-refractivity contribution is 6.30. The minimum Gasteiger partial charge on any atom is -0.369 e. The summed E-state index contributed by atoms with van der Waals surface area (Å²) >= 11 is 6.11. The fraction of sp³-hybridized carbons (Fsp3) is 0.364. The van der Waals surface area contributed by atoms with E-state index in [1.165, 1.54) is 0 Å². The van der Waals surface area contributed by atoms with E-state index < -0.39 is 5.60 Å². The summed E-state index contributed by atoms with van der Waals surface area (Å²) in [6.45, 7) is 4.77. The molecular weight excluding hydrogens is 346 g/mol. The van der Waals surface area contributed by atoms with Crippen molar-refractivity contribution in [2.24, 2.45) is 0 Å². The second-order valence-corrected chi connectivity index (χ2v) is 6.95. The van der Waals surface area contributed by atoms with Crippen LogP contribution >= 0.6 is 11.6 Å². The van der Waals surface area contributed by atoms with Crippen molar-refractivity contribution >= 4 is 11.6 Å². The lowest BCUT2D eigenvalue weighted by molar-refractivity contribution is -0.168. The van der Waals surface area contributed by atoms with Crippen LogP contribution in [0.5, 0.6) is 0 Å². The molecule has 2 aromatic carbocycles. The molecule has 1 fully saturated rings. The quantitative estimate of drug-likeness (QED) is 0.715. The van der Waals surface area contributed by atoms with Gasteiger partial charge in [-0.25, -0.2) is 0 Å². The third-order valence-electron chi connectivity index (χ3n) is 4.82. The molecule has 0 amide bonds. The molecule has 1 N–H and O–H groups in total. The van der Waals surface area contributed by atoms with Crippen molar-refractivity contribution in [3.63, 3.8) is 0 Å². The average Bonchev–Trinajstić information content (AvgIpc) is 2.69. The molecule has 2 aromatic rings. The number of rotatable bonds is 7. The third kappa shape index (κ3) is 4.54. The Bertz CT molecular complexity index is 702. The Morgan fingerprint density at radius 2 is 1.92 bits per heavy atom. The molecule has 138 valence electrons. The summed E-state index contributed by atoms with van der Waals surface area (Å²) in [4.78, 5) is 0. The summed E-state index contributed by atoms with van der Waals surface area (Å²) in [7, 11) is 0. The van der Waals surface area contributed by atoms with Gasteiger partial charge >= 0.3 is 0 Å². The van der Waals surface area contributed by atoms with Crippen molar-refractivity contribution in [1.29, 1.82) is 0 Å². The molecule has 0 saturated carbocycles. The van der Waals surface area contributed by atoms with Crippen molar-refractivity contribution in [1.82, 2.24) is 5.32 Å². The predicted molar refractivity (Wildman–Crippen MR) is 106 cm³/mol. The van der Waals surface area contributed by atoms with Crippen molar-refractivity contribution in [2.75, 3.05) is 19.7 Å². The van der Waals surface area contributed by atoms with Crippen molar-refractivity contribution in [2.45, 2.75) is 31.7 Å². The average molecular weight is 372 g/mol. The Morgan fingerprint density at radius 1 is 1.15 bits per heavy atom. The van der Waals surface area contributed by atoms with E-state index in [0.29, 0.717) is 13.2 Å². The van der Waals surface area contributed by atoms with Gasteiger partial charge in [0, 0.05) is 11.6 Å². The highest BCUT2D eigenvalue weighted by Gasteiger charge is 2.44. The van der Waals surface area contributed by atoms with Crippen LogP contribution in [0.2, 0.25) is 5.02 Å². The van der Waals surface area contributed by atoms with E-state index in [-0.39, 0.29) is 6.10 Å². The zero-order valence-electron chi connectivity index (χ0n) is 15.2. The van der Waals surface area contributed by atoms with Gasteiger partial charge < -0.3 is 14.8 Å². The number of hydrogen-bond donors (Lipinski definition) is 1. The number of piperidine rings is 1. The topological polar surface area (TPSA) is 30.5 Å². The zero-order chi connectivity index (χ0) is 18.2. The van der Waals surface area contributed by atoms with Crippen LogP contribution in [0.4, 0.5) is 0 Å². The van der Waals surface area contributed by atoms with Gasteiger partial charge in [-0.2, -0.15) is 0 Å². The molecule has 1 aliphatic rings. The Hall–Kier alpha value is -1.65. The monoisotopic (exact) mass is 371 g/mol. The number of allylic oxidation sites excluding steroid dienone is 1. The van der Waals surface area contributed by atoms with Gasteiger partial charge in [-0.15, -0.1) is 0 Å². The molecule has 1 aliphatic heterocycles. The summed E-state index contributed by atoms with van der Waals surface area (Å²) in [6.07, 6.45) is 4.81. The molecule has 1 heterocycles. The van der Waals surface area contributed by atoms with E-state index in [1.54, 1.807) is 0 Å². The van der Waals surface area contributed by atoms with E-state index in [9.17, 15) is 0 Å². The van der Waals surface area contributed by atoms with E-state index in [4.69, 9.17) is 21.1 Å². The van der Waals surface area contributed by atoms with Gasteiger partial charge in [0.25, 0.3) is 0 Å². The van der Waals surface area contributed by atoms with Crippen LogP contribution in [0, 0.1) is 0 Å². The van der Waals surface area contributed by atoms with E-state index in [1.807, 2.05) is 49.4 Å².